The van der Waals surface area contributed by atoms with Crippen LogP contribution in [0.4, 0.5) is 5.82 Å². The number of nitrogens with zero attached hydrogens (tertiary/aromatic N) is 2. The first kappa shape index (κ1) is 9.71. The van der Waals surface area contributed by atoms with E-state index in [1.165, 1.54) is 30.6 Å². The third-order valence-electron chi connectivity index (χ3n) is 4.54. The predicted molar refractivity (Wildman–Crippen MR) is 68.7 cm³/mol. The normalized spacial score (nSPS) is 35.1. The van der Waals surface area contributed by atoms with Crippen molar-refractivity contribution in [1.82, 2.24) is 10.3 Å². The van der Waals surface area contributed by atoms with Crippen LogP contribution in [0, 0.1) is 5.92 Å². The average Bonchev–Trinajstić information content (AvgIpc) is 2.96. The topological polar surface area (TPSA) is 43.4 Å². The lowest BCUT2D eigenvalue weighted by atomic mass is 9.93. The molecule has 1 aliphatic carbocycles. The number of nitrogens with one attached hydrogen (secondary N) is 2. The zero-order valence-electron chi connectivity index (χ0n) is 9.89. The van der Waals surface area contributed by atoms with Gasteiger partial charge in [-0.1, -0.05) is 0 Å². The van der Waals surface area contributed by atoms with Crippen molar-refractivity contribution in [2.45, 2.75) is 31.3 Å². The van der Waals surface area contributed by atoms with Crippen LogP contribution in [-0.4, -0.2) is 36.5 Å². The maximum absolute atomic E-state index is 4.48. The minimum absolute atomic E-state index is 0.614. The van der Waals surface area contributed by atoms with Crippen molar-refractivity contribution in [3.63, 3.8) is 0 Å². The van der Waals surface area contributed by atoms with Crippen LogP contribution in [0.25, 0.3) is 0 Å². The van der Waals surface area contributed by atoms with E-state index >= 15 is 0 Å². The van der Waals surface area contributed by atoms with Crippen molar-refractivity contribution < 1.29 is 0 Å². The van der Waals surface area contributed by atoms with Crippen LogP contribution in [0.3, 0.4) is 0 Å². The number of aromatic amines is 1. The fourth-order valence-corrected chi connectivity index (χ4v) is 3.66. The summed E-state index contributed by atoms with van der Waals surface area (Å²) in [4.78, 5) is 10.3. The molecule has 0 amide bonds. The van der Waals surface area contributed by atoms with E-state index in [2.05, 4.69) is 26.3 Å². The van der Waals surface area contributed by atoms with Gasteiger partial charge in [-0.05, 0) is 31.2 Å². The molecule has 1 aromatic rings. The second kappa shape index (κ2) is 3.60. The molecule has 0 unspecified atom stereocenters. The quantitative estimate of drug-likeness (QED) is 0.765. The monoisotopic (exact) mass is 230 g/mol. The maximum Gasteiger partial charge on any atom is 0.116 e. The Kier molecular flexibility index (Phi) is 2.06. The molecule has 4 heteroatoms. The average molecular weight is 230 g/mol. The minimum atomic E-state index is 0.614. The van der Waals surface area contributed by atoms with Crippen LogP contribution in [0.1, 0.15) is 24.8 Å². The highest BCUT2D eigenvalue weighted by Crippen LogP contribution is 2.36. The second-order valence-corrected chi connectivity index (χ2v) is 5.45. The molecule has 4 rings (SSSR count). The van der Waals surface area contributed by atoms with Gasteiger partial charge in [-0.25, -0.2) is 0 Å². The van der Waals surface area contributed by atoms with Crippen LogP contribution in [-0.2, 0) is 0 Å². The summed E-state index contributed by atoms with van der Waals surface area (Å²) in [6.45, 7) is 1.92. The van der Waals surface area contributed by atoms with Crippen LogP contribution in [0.2, 0.25) is 0 Å². The summed E-state index contributed by atoms with van der Waals surface area (Å²) >= 11 is 0. The number of hydrogen-bond donors (Lipinski definition) is 2. The molecule has 90 valence electrons. The molecular weight excluding hydrogens is 212 g/mol. The van der Waals surface area contributed by atoms with Crippen LogP contribution in [0.5, 0.6) is 0 Å². The highest BCUT2D eigenvalue weighted by molar-refractivity contribution is 5.88. The lowest BCUT2D eigenvalue weighted by molar-refractivity contribution is 0.324. The number of fused-ring (bicyclic) bond motifs is 3. The lowest BCUT2D eigenvalue weighted by Crippen LogP contribution is -2.52. The number of piperidine rings is 1. The van der Waals surface area contributed by atoms with Gasteiger partial charge in [0.15, 0.2) is 0 Å². The van der Waals surface area contributed by atoms with E-state index in [4.69, 9.17) is 0 Å². The van der Waals surface area contributed by atoms with Crippen molar-refractivity contribution in [1.29, 1.82) is 0 Å². The molecule has 2 N–H and O–H groups in total. The van der Waals surface area contributed by atoms with Gasteiger partial charge in [-0.3, -0.25) is 4.99 Å². The molecule has 1 saturated heterocycles. The van der Waals surface area contributed by atoms with E-state index in [1.807, 2.05) is 12.4 Å². The molecular formula is C13H18N4. The lowest BCUT2D eigenvalue weighted by Gasteiger charge is -2.40. The van der Waals surface area contributed by atoms with Crippen molar-refractivity contribution in [3.05, 3.63) is 17.8 Å². The Morgan fingerprint density at radius 2 is 2.35 bits per heavy atom. The number of aromatic nitrogens is 1. The van der Waals surface area contributed by atoms with Gasteiger partial charge < -0.3 is 15.2 Å². The third-order valence-corrected chi connectivity index (χ3v) is 4.54. The van der Waals surface area contributed by atoms with Crippen molar-refractivity contribution in [3.8, 4) is 0 Å². The zero-order valence-corrected chi connectivity index (χ0v) is 9.89. The van der Waals surface area contributed by atoms with Gasteiger partial charge in [0.2, 0.25) is 0 Å². The Labute approximate surface area is 101 Å². The fourth-order valence-electron chi connectivity index (χ4n) is 3.66. The Hall–Kier alpha value is -1.29. The molecule has 0 radical (unpaired) electrons. The number of rotatable bonds is 1. The van der Waals surface area contributed by atoms with E-state index in [1.54, 1.807) is 0 Å². The molecule has 17 heavy (non-hydrogen) atoms. The van der Waals surface area contributed by atoms with Crippen molar-refractivity contribution in [2.75, 3.05) is 18.1 Å². The molecule has 2 aliphatic heterocycles. The molecule has 2 fully saturated rings. The molecule has 3 heterocycles. The Morgan fingerprint density at radius 1 is 1.35 bits per heavy atom. The molecule has 0 aromatic carbocycles. The number of hydrogen-bond acceptors (Lipinski definition) is 3. The van der Waals surface area contributed by atoms with Gasteiger partial charge in [0, 0.05) is 36.6 Å². The molecule has 4 nitrogen and oxygen atoms in total. The van der Waals surface area contributed by atoms with Crippen molar-refractivity contribution >= 4 is 12.0 Å². The minimum Gasteiger partial charge on any atom is -0.348 e. The SMILES string of the molecule is C1=NCN([C@H]2CN[C@@H]3CC[C@H]2C3)c2[nH]ccc21. The van der Waals surface area contributed by atoms with Gasteiger partial charge in [0.05, 0.1) is 0 Å². The number of aliphatic imine (C=N–C) groups is 1. The highest BCUT2D eigenvalue weighted by atomic mass is 15.3. The summed E-state index contributed by atoms with van der Waals surface area (Å²) < 4.78 is 0. The van der Waals surface area contributed by atoms with E-state index in [0.29, 0.717) is 6.04 Å². The van der Waals surface area contributed by atoms with Crippen LogP contribution < -0.4 is 10.2 Å². The number of H-pyrrole nitrogens is 1. The van der Waals surface area contributed by atoms with Gasteiger partial charge >= 0.3 is 0 Å². The molecule has 1 saturated carbocycles. The Morgan fingerprint density at radius 3 is 3.35 bits per heavy atom. The third kappa shape index (κ3) is 1.43. The summed E-state index contributed by atoms with van der Waals surface area (Å²) in [5.41, 5.74) is 1.23. The van der Waals surface area contributed by atoms with Gasteiger partial charge in [0.1, 0.15) is 12.5 Å². The predicted octanol–water partition coefficient (Wildman–Crippen LogP) is 1.35. The van der Waals surface area contributed by atoms with Gasteiger partial charge in [0.25, 0.3) is 0 Å². The Balaban J connectivity index is 1.65. The van der Waals surface area contributed by atoms with Gasteiger partial charge in [-0.15, -0.1) is 0 Å². The van der Waals surface area contributed by atoms with Crippen LogP contribution >= 0.6 is 0 Å². The summed E-state index contributed by atoms with van der Waals surface area (Å²) in [5.74, 6) is 2.11. The smallest absolute Gasteiger partial charge is 0.116 e. The largest absolute Gasteiger partial charge is 0.348 e. The summed E-state index contributed by atoms with van der Waals surface area (Å²) in [7, 11) is 0. The first-order valence-corrected chi connectivity index (χ1v) is 6.59. The van der Waals surface area contributed by atoms with E-state index in [-0.39, 0.29) is 0 Å². The molecule has 2 bridgehead atoms. The first-order valence-electron chi connectivity index (χ1n) is 6.59. The summed E-state index contributed by atoms with van der Waals surface area (Å²) in [6, 6.07) is 3.51. The number of anilines is 1. The highest BCUT2D eigenvalue weighted by Gasteiger charge is 2.39. The summed E-state index contributed by atoms with van der Waals surface area (Å²) in [5, 5.41) is 3.67. The molecule has 0 spiro atoms. The first-order chi connectivity index (χ1) is 8.42. The van der Waals surface area contributed by atoms with Crippen molar-refractivity contribution in [2.24, 2.45) is 10.9 Å². The standard InChI is InChI=1S/C13H18N4/c1-2-11-5-9(1)12(7-16-11)17-8-14-6-10-3-4-15-13(10)17/h3-4,6,9,11-12,15-16H,1-2,5,7-8H2/t9-,11+,12-/m0/s1. The van der Waals surface area contributed by atoms with E-state index in [9.17, 15) is 0 Å². The second-order valence-electron chi connectivity index (χ2n) is 5.45. The molecule has 3 aliphatic rings. The zero-order chi connectivity index (χ0) is 11.2. The van der Waals surface area contributed by atoms with Gasteiger partial charge in [-0.2, -0.15) is 0 Å². The summed E-state index contributed by atoms with van der Waals surface area (Å²) in [6.07, 6.45) is 8.08. The maximum atomic E-state index is 4.48. The van der Waals surface area contributed by atoms with Crippen LogP contribution in [0.15, 0.2) is 17.3 Å². The van der Waals surface area contributed by atoms with E-state index in [0.717, 1.165) is 25.2 Å². The Bertz CT molecular complexity index is 450. The fraction of sp³-hybridized carbons (Fsp3) is 0.615. The van der Waals surface area contributed by atoms with E-state index < -0.39 is 0 Å². The molecule has 3 atom stereocenters. The molecule has 1 aromatic heterocycles.